The van der Waals surface area contributed by atoms with Crippen molar-refractivity contribution in [2.45, 2.75) is 50.9 Å². The van der Waals surface area contributed by atoms with Crippen LogP contribution in [0.25, 0.3) is 0 Å². The van der Waals surface area contributed by atoms with Crippen LogP contribution in [0.15, 0.2) is 5.38 Å². The van der Waals surface area contributed by atoms with Crippen LogP contribution < -0.4 is 5.32 Å². The zero-order valence-electron chi connectivity index (χ0n) is 15.1. The van der Waals surface area contributed by atoms with Gasteiger partial charge in [0.2, 0.25) is 0 Å². The maximum Gasteiger partial charge on any atom is 0.277 e. The van der Waals surface area contributed by atoms with Gasteiger partial charge in [-0.25, -0.2) is 4.98 Å². The van der Waals surface area contributed by atoms with Crippen LogP contribution in [0.5, 0.6) is 0 Å². The number of nitrogens with one attached hydrogen (secondary N) is 1. The number of amides is 1. The minimum absolute atomic E-state index is 0.246. The van der Waals surface area contributed by atoms with E-state index in [4.69, 9.17) is 16.6 Å². The van der Waals surface area contributed by atoms with Crippen LogP contribution >= 0.6 is 22.9 Å². The number of rotatable bonds is 3. The summed E-state index contributed by atoms with van der Waals surface area (Å²) < 4.78 is 1.53. The first-order valence-electron chi connectivity index (χ1n) is 9.40. The molecule has 4 saturated carbocycles. The van der Waals surface area contributed by atoms with Crippen LogP contribution in [0.4, 0.5) is 5.13 Å². The molecule has 0 radical (unpaired) electrons. The first kappa shape index (κ1) is 16.8. The van der Waals surface area contributed by atoms with Gasteiger partial charge in [0.05, 0.1) is 16.4 Å². The highest BCUT2D eigenvalue weighted by Gasteiger charge is 2.52. The van der Waals surface area contributed by atoms with Crippen molar-refractivity contribution in [3.05, 3.63) is 27.5 Å². The molecule has 0 aliphatic heterocycles. The van der Waals surface area contributed by atoms with Gasteiger partial charge in [0.1, 0.15) is 5.69 Å². The Morgan fingerprint density at radius 1 is 1.27 bits per heavy atom. The van der Waals surface area contributed by atoms with Crippen LogP contribution in [0.2, 0.25) is 5.02 Å². The molecule has 7 heteroatoms. The lowest BCUT2D eigenvalue weighted by Crippen LogP contribution is -2.48. The number of halogens is 1. The quantitative estimate of drug-likeness (QED) is 0.835. The third-order valence-electron chi connectivity index (χ3n) is 6.67. The molecule has 2 aromatic rings. The van der Waals surface area contributed by atoms with E-state index in [1.807, 2.05) is 0 Å². The summed E-state index contributed by atoms with van der Waals surface area (Å²) in [5, 5.41) is 10.4. The Bertz CT molecular complexity index is 851. The Labute approximate surface area is 162 Å². The van der Waals surface area contributed by atoms with Crippen molar-refractivity contribution in [1.82, 2.24) is 14.8 Å². The molecule has 5 nitrogen and oxygen atoms in total. The average Bonchev–Trinajstić information content (AvgIpc) is 3.11. The molecule has 0 atom stereocenters. The van der Waals surface area contributed by atoms with Crippen molar-refractivity contribution in [3.63, 3.8) is 0 Å². The van der Waals surface area contributed by atoms with Gasteiger partial charge in [0.25, 0.3) is 5.91 Å². The summed E-state index contributed by atoms with van der Waals surface area (Å²) in [4.78, 5) is 17.5. The number of aryl methyl sites for hydroxylation is 2. The van der Waals surface area contributed by atoms with Crippen LogP contribution in [-0.2, 0) is 12.5 Å². The van der Waals surface area contributed by atoms with E-state index in [-0.39, 0.29) is 11.3 Å². The van der Waals surface area contributed by atoms with E-state index in [0.29, 0.717) is 21.5 Å². The summed E-state index contributed by atoms with van der Waals surface area (Å²) in [6.07, 6.45) is 8.11. The van der Waals surface area contributed by atoms with Crippen molar-refractivity contribution in [1.29, 1.82) is 0 Å². The molecule has 1 amide bonds. The molecule has 4 aliphatic carbocycles. The lowest BCUT2D eigenvalue weighted by atomic mass is 9.49. The second-order valence-electron chi connectivity index (χ2n) is 8.56. The maximum atomic E-state index is 12.6. The van der Waals surface area contributed by atoms with Gasteiger partial charge in [-0.05, 0) is 63.2 Å². The van der Waals surface area contributed by atoms with Crippen molar-refractivity contribution in [2.75, 3.05) is 5.32 Å². The van der Waals surface area contributed by atoms with Gasteiger partial charge in [-0.3, -0.25) is 14.8 Å². The summed E-state index contributed by atoms with van der Waals surface area (Å²) in [7, 11) is 1.73. The lowest BCUT2D eigenvalue weighted by Gasteiger charge is -2.56. The third kappa shape index (κ3) is 2.53. The van der Waals surface area contributed by atoms with Gasteiger partial charge in [0.15, 0.2) is 5.13 Å². The first-order valence-corrected chi connectivity index (χ1v) is 10.7. The van der Waals surface area contributed by atoms with Gasteiger partial charge in [0, 0.05) is 17.8 Å². The number of aromatic nitrogens is 3. The first-order chi connectivity index (χ1) is 12.4. The fourth-order valence-electron chi connectivity index (χ4n) is 6.03. The molecule has 4 aliphatic rings. The summed E-state index contributed by atoms with van der Waals surface area (Å²) in [5.74, 6) is 2.41. The smallest absolute Gasteiger partial charge is 0.277 e. The summed E-state index contributed by atoms with van der Waals surface area (Å²) >= 11 is 7.75. The normalized spacial score (nSPS) is 32.2. The lowest BCUT2D eigenvalue weighted by molar-refractivity contribution is -0.00688. The third-order valence-corrected chi connectivity index (χ3v) is 7.88. The largest absolute Gasteiger partial charge is 0.296 e. The topological polar surface area (TPSA) is 59.8 Å². The Morgan fingerprint density at radius 3 is 2.42 bits per heavy atom. The number of carbonyl (C=O) groups is 1. The maximum absolute atomic E-state index is 12.6. The molecule has 4 fully saturated rings. The van der Waals surface area contributed by atoms with Gasteiger partial charge in [-0.1, -0.05) is 11.6 Å². The molecule has 1 N–H and O–H groups in total. The van der Waals surface area contributed by atoms with E-state index in [1.54, 1.807) is 14.0 Å². The van der Waals surface area contributed by atoms with Crippen molar-refractivity contribution < 1.29 is 4.79 Å². The molecule has 0 saturated heterocycles. The number of hydrogen-bond acceptors (Lipinski definition) is 4. The molecule has 0 spiro atoms. The molecule has 138 valence electrons. The zero-order chi connectivity index (χ0) is 18.1. The van der Waals surface area contributed by atoms with E-state index < -0.39 is 0 Å². The van der Waals surface area contributed by atoms with E-state index >= 15 is 0 Å². The fourth-order valence-corrected chi connectivity index (χ4v) is 7.11. The van der Waals surface area contributed by atoms with E-state index in [2.05, 4.69) is 15.8 Å². The van der Waals surface area contributed by atoms with Gasteiger partial charge in [-0.2, -0.15) is 5.10 Å². The summed E-state index contributed by atoms with van der Waals surface area (Å²) in [6, 6.07) is 0. The summed E-state index contributed by atoms with van der Waals surface area (Å²) in [5.41, 5.74) is 2.50. The van der Waals surface area contributed by atoms with E-state index in [1.165, 1.54) is 60.2 Å². The van der Waals surface area contributed by atoms with Gasteiger partial charge < -0.3 is 0 Å². The van der Waals surface area contributed by atoms with Crippen LogP contribution in [0.3, 0.4) is 0 Å². The molecule has 6 rings (SSSR count). The van der Waals surface area contributed by atoms with Gasteiger partial charge in [-0.15, -0.1) is 11.3 Å². The molecule has 2 heterocycles. The highest BCUT2D eigenvalue weighted by molar-refractivity contribution is 7.14. The number of carbonyl (C=O) groups excluding carboxylic acids is 1. The molecule has 4 bridgehead atoms. The van der Waals surface area contributed by atoms with Crippen LogP contribution in [-0.4, -0.2) is 20.7 Å². The zero-order valence-corrected chi connectivity index (χ0v) is 16.7. The molecule has 0 unspecified atom stereocenters. The van der Waals surface area contributed by atoms with Crippen LogP contribution in [0, 0.1) is 24.7 Å². The van der Waals surface area contributed by atoms with Crippen molar-refractivity contribution >= 4 is 34.0 Å². The molecule has 26 heavy (non-hydrogen) atoms. The monoisotopic (exact) mass is 390 g/mol. The van der Waals surface area contributed by atoms with E-state index in [9.17, 15) is 4.79 Å². The highest BCUT2D eigenvalue weighted by Crippen LogP contribution is 2.60. The molecule has 0 aromatic carbocycles. The van der Waals surface area contributed by atoms with Crippen molar-refractivity contribution in [2.24, 2.45) is 24.8 Å². The second kappa shape index (κ2) is 5.80. The average molecular weight is 391 g/mol. The Balaban J connectivity index is 1.38. The van der Waals surface area contributed by atoms with Crippen LogP contribution in [0.1, 0.15) is 60.4 Å². The Morgan fingerprint density at radius 2 is 1.88 bits per heavy atom. The Kier molecular flexibility index (Phi) is 3.73. The van der Waals surface area contributed by atoms with Crippen molar-refractivity contribution in [3.8, 4) is 0 Å². The van der Waals surface area contributed by atoms with Gasteiger partial charge >= 0.3 is 0 Å². The highest BCUT2D eigenvalue weighted by atomic mass is 35.5. The standard InChI is InChI=1S/C19H23ClN4OS/c1-10-15(20)16(24(2)23-10)17(25)22-18-21-14(9-26-18)19-6-11-3-12(7-19)5-13(4-11)8-19/h9,11-13H,3-8H2,1-2H3,(H,21,22,25). The predicted octanol–water partition coefficient (Wildman–Crippen LogP) is 4.56. The number of anilines is 1. The molecular weight excluding hydrogens is 368 g/mol. The number of nitrogens with zero attached hydrogens (tertiary/aromatic N) is 3. The number of thiazole rings is 1. The molecule has 2 aromatic heterocycles. The minimum atomic E-state index is -0.246. The van der Waals surface area contributed by atoms with E-state index in [0.717, 1.165) is 17.8 Å². The SMILES string of the molecule is Cc1nn(C)c(C(=O)Nc2nc(C34CC5CC(CC(C5)C3)C4)cs2)c1Cl. The number of hydrogen-bond donors (Lipinski definition) is 1. The summed E-state index contributed by atoms with van der Waals surface area (Å²) in [6.45, 7) is 1.80. The minimum Gasteiger partial charge on any atom is -0.296 e. The Hall–Kier alpha value is -1.40. The fraction of sp³-hybridized carbons (Fsp3) is 0.632. The molecular formula is C19H23ClN4OS. The second-order valence-corrected chi connectivity index (χ2v) is 9.80. The predicted molar refractivity (Wildman–Crippen MR) is 103 cm³/mol.